The Morgan fingerprint density at radius 3 is 2.27 bits per heavy atom. The standard InChI is InChI=1S/C18H30N2O2/c1-6-13-22-15(2)18(21)20(5)14-17-9-7-16(8-10-17)11-12-19(3)4/h7-10,15H,6,11-14H2,1-5H3. The van der Waals surface area contributed by atoms with Gasteiger partial charge in [-0.1, -0.05) is 31.2 Å². The number of amides is 1. The van der Waals surface area contributed by atoms with Gasteiger partial charge in [0.15, 0.2) is 0 Å². The normalized spacial score (nSPS) is 12.5. The molecule has 0 bridgehead atoms. The first-order chi connectivity index (χ1) is 10.4. The molecule has 4 heteroatoms. The van der Waals surface area contributed by atoms with Gasteiger partial charge in [-0.3, -0.25) is 4.79 Å². The van der Waals surface area contributed by atoms with Gasteiger partial charge in [0.25, 0.3) is 5.91 Å². The monoisotopic (exact) mass is 306 g/mol. The minimum absolute atomic E-state index is 0.0325. The summed E-state index contributed by atoms with van der Waals surface area (Å²) in [7, 11) is 5.99. The number of carbonyl (C=O) groups is 1. The highest BCUT2D eigenvalue weighted by Crippen LogP contribution is 2.09. The van der Waals surface area contributed by atoms with Gasteiger partial charge in [0.05, 0.1) is 0 Å². The van der Waals surface area contributed by atoms with Crippen LogP contribution in [0.2, 0.25) is 0 Å². The summed E-state index contributed by atoms with van der Waals surface area (Å²) in [6.45, 7) is 6.15. The van der Waals surface area contributed by atoms with E-state index in [4.69, 9.17) is 4.74 Å². The largest absolute Gasteiger partial charge is 0.369 e. The maximum Gasteiger partial charge on any atom is 0.251 e. The Labute approximate surface area is 135 Å². The van der Waals surface area contributed by atoms with Gasteiger partial charge in [-0.25, -0.2) is 0 Å². The minimum Gasteiger partial charge on any atom is -0.369 e. The lowest BCUT2D eigenvalue weighted by molar-refractivity contribution is -0.141. The first kappa shape index (κ1) is 18.7. The molecule has 0 spiro atoms. The van der Waals surface area contributed by atoms with E-state index in [0.29, 0.717) is 13.2 Å². The Bertz CT molecular complexity index is 443. The summed E-state index contributed by atoms with van der Waals surface area (Å²) < 4.78 is 5.49. The summed E-state index contributed by atoms with van der Waals surface area (Å²) in [5, 5.41) is 0. The third-order valence-corrected chi connectivity index (χ3v) is 3.59. The van der Waals surface area contributed by atoms with Crippen molar-refractivity contribution in [3.63, 3.8) is 0 Å². The van der Waals surface area contributed by atoms with Crippen LogP contribution in [-0.4, -0.2) is 56.1 Å². The van der Waals surface area contributed by atoms with E-state index in [1.165, 1.54) is 5.56 Å². The molecule has 1 aromatic rings. The molecule has 0 aliphatic heterocycles. The zero-order valence-corrected chi connectivity index (χ0v) is 14.6. The number of nitrogens with zero attached hydrogens (tertiary/aromatic N) is 2. The average molecular weight is 306 g/mol. The lowest BCUT2D eigenvalue weighted by Gasteiger charge is -2.21. The van der Waals surface area contributed by atoms with Crippen molar-refractivity contribution in [2.75, 3.05) is 34.3 Å². The van der Waals surface area contributed by atoms with E-state index in [1.54, 1.807) is 4.90 Å². The van der Waals surface area contributed by atoms with E-state index >= 15 is 0 Å². The predicted octanol–water partition coefficient (Wildman–Crippen LogP) is 2.56. The molecule has 0 saturated heterocycles. The van der Waals surface area contributed by atoms with Gasteiger partial charge in [0.2, 0.25) is 0 Å². The summed E-state index contributed by atoms with van der Waals surface area (Å²) in [5.74, 6) is 0.0325. The van der Waals surface area contributed by atoms with Crippen LogP contribution in [0.25, 0.3) is 0 Å². The second-order valence-corrected chi connectivity index (χ2v) is 6.08. The SMILES string of the molecule is CCCOC(C)C(=O)N(C)Cc1ccc(CCN(C)C)cc1. The maximum absolute atomic E-state index is 12.2. The smallest absolute Gasteiger partial charge is 0.251 e. The van der Waals surface area contributed by atoms with Crippen molar-refractivity contribution >= 4 is 5.91 Å². The Morgan fingerprint density at radius 1 is 1.14 bits per heavy atom. The van der Waals surface area contributed by atoms with Crippen LogP contribution in [0.15, 0.2) is 24.3 Å². The van der Waals surface area contributed by atoms with E-state index < -0.39 is 0 Å². The molecule has 0 radical (unpaired) electrons. The van der Waals surface area contributed by atoms with Crippen molar-refractivity contribution in [2.45, 2.75) is 39.3 Å². The van der Waals surface area contributed by atoms with Crippen molar-refractivity contribution in [3.05, 3.63) is 35.4 Å². The van der Waals surface area contributed by atoms with Crippen LogP contribution >= 0.6 is 0 Å². The number of rotatable bonds is 9. The molecule has 0 saturated carbocycles. The van der Waals surface area contributed by atoms with Gasteiger partial charge in [0.1, 0.15) is 6.10 Å². The van der Waals surface area contributed by atoms with Gasteiger partial charge >= 0.3 is 0 Å². The molecule has 0 aliphatic carbocycles. The first-order valence-corrected chi connectivity index (χ1v) is 8.03. The number of hydrogen-bond acceptors (Lipinski definition) is 3. The zero-order chi connectivity index (χ0) is 16.5. The summed E-state index contributed by atoms with van der Waals surface area (Å²) in [5.41, 5.74) is 2.47. The molecule has 1 unspecified atom stereocenters. The molecule has 124 valence electrons. The molecule has 0 N–H and O–H groups in total. The summed E-state index contributed by atoms with van der Waals surface area (Å²) in [6.07, 6.45) is 1.60. The Kier molecular flexibility index (Phi) is 8.13. The highest BCUT2D eigenvalue weighted by molar-refractivity contribution is 5.80. The number of likely N-dealkylation sites (N-methyl/N-ethyl adjacent to an activating group) is 2. The average Bonchev–Trinajstić information content (AvgIpc) is 2.51. The molecule has 0 aromatic heterocycles. The summed E-state index contributed by atoms with van der Waals surface area (Å²) in [6, 6.07) is 8.50. The van der Waals surface area contributed by atoms with Crippen molar-refractivity contribution in [1.82, 2.24) is 9.80 Å². The highest BCUT2D eigenvalue weighted by atomic mass is 16.5. The summed E-state index contributed by atoms with van der Waals surface area (Å²) >= 11 is 0. The van der Waals surface area contributed by atoms with Crippen molar-refractivity contribution < 1.29 is 9.53 Å². The molecule has 1 atom stereocenters. The Morgan fingerprint density at radius 2 is 1.73 bits per heavy atom. The fourth-order valence-electron chi connectivity index (χ4n) is 2.19. The molecule has 1 amide bonds. The molecule has 0 heterocycles. The molecule has 1 aromatic carbocycles. The topological polar surface area (TPSA) is 32.8 Å². The molecule has 22 heavy (non-hydrogen) atoms. The molecular formula is C18H30N2O2. The number of carbonyl (C=O) groups excluding carboxylic acids is 1. The van der Waals surface area contributed by atoms with Crippen LogP contribution in [0, 0.1) is 0 Å². The maximum atomic E-state index is 12.2. The van der Waals surface area contributed by atoms with Gasteiger partial charge in [0, 0.05) is 26.7 Å². The van der Waals surface area contributed by atoms with Crippen LogP contribution in [0.4, 0.5) is 0 Å². The van der Waals surface area contributed by atoms with Crippen molar-refractivity contribution in [3.8, 4) is 0 Å². The van der Waals surface area contributed by atoms with Crippen LogP contribution in [0.3, 0.4) is 0 Å². The minimum atomic E-state index is -0.371. The van der Waals surface area contributed by atoms with Crippen molar-refractivity contribution in [2.24, 2.45) is 0 Å². The number of ether oxygens (including phenoxy) is 1. The number of benzene rings is 1. The first-order valence-electron chi connectivity index (χ1n) is 8.03. The van der Waals surface area contributed by atoms with Gasteiger partial charge in [-0.2, -0.15) is 0 Å². The van der Waals surface area contributed by atoms with Crippen LogP contribution in [0.5, 0.6) is 0 Å². The third-order valence-electron chi connectivity index (χ3n) is 3.59. The van der Waals surface area contributed by atoms with Gasteiger partial charge in [-0.15, -0.1) is 0 Å². The van der Waals surface area contributed by atoms with E-state index in [-0.39, 0.29) is 12.0 Å². The summed E-state index contributed by atoms with van der Waals surface area (Å²) in [4.78, 5) is 16.1. The Hall–Kier alpha value is -1.39. The molecule has 4 nitrogen and oxygen atoms in total. The van der Waals surface area contributed by atoms with Crippen LogP contribution < -0.4 is 0 Å². The third kappa shape index (κ3) is 6.58. The van der Waals surface area contributed by atoms with Gasteiger partial charge in [-0.05, 0) is 45.0 Å². The van der Waals surface area contributed by atoms with Crippen LogP contribution in [-0.2, 0) is 22.5 Å². The lowest BCUT2D eigenvalue weighted by atomic mass is 10.1. The van der Waals surface area contributed by atoms with E-state index in [1.807, 2.05) is 20.9 Å². The molecule has 1 rings (SSSR count). The molecule has 0 fully saturated rings. The zero-order valence-electron chi connectivity index (χ0n) is 14.6. The quantitative estimate of drug-likeness (QED) is 0.703. The molecule has 0 aliphatic rings. The molecular weight excluding hydrogens is 276 g/mol. The second-order valence-electron chi connectivity index (χ2n) is 6.08. The van der Waals surface area contributed by atoms with E-state index in [9.17, 15) is 4.79 Å². The lowest BCUT2D eigenvalue weighted by Crippen LogP contribution is -2.36. The van der Waals surface area contributed by atoms with Crippen molar-refractivity contribution in [1.29, 1.82) is 0 Å². The van der Waals surface area contributed by atoms with E-state index in [0.717, 1.165) is 24.9 Å². The Balaban J connectivity index is 2.50. The van der Waals surface area contributed by atoms with E-state index in [2.05, 4.69) is 43.3 Å². The predicted molar refractivity (Wildman–Crippen MR) is 90.9 cm³/mol. The number of hydrogen-bond donors (Lipinski definition) is 0. The highest BCUT2D eigenvalue weighted by Gasteiger charge is 2.17. The second kappa shape index (κ2) is 9.59. The van der Waals surface area contributed by atoms with Crippen LogP contribution in [0.1, 0.15) is 31.4 Å². The van der Waals surface area contributed by atoms with Gasteiger partial charge < -0.3 is 14.5 Å². The fourth-order valence-corrected chi connectivity index (χ4v) is 2.19. The fraction of sp³-hybridized carbons (Fsp3) is 0.611.